The van der Waals surface area contributed by atoms with Crippen LogP contribution in [0, 0.1) is 0 Å². The number of rotatable bonds is 8. The highest BCUT2D eigenvalue weighted by atomic mass is 127. The molecule has 0 unspecified atom stereocenters. The molecule has 7 heteroatoms. The first-order chi connectivity index (χ1) is 12.6. The van der Waals surface area contributed by atoms with E-state index < -0.39 is 9.84 Å². The Hall–Kier alpha value is -1.61. The van der Waals surface area contributed by atoms with Crippen LogP contribution in [0.5, 0.6) is 0 Å². The fourth-order valence-corrected chi connectivity index (χ4v) is 3.79. The zero-order valence-corrected chi connectivity index (χ0v) is 19.0. The third-order valence-electron chi connectivity index (χ3n) is 4.02. The van der Waals surface area contributed by atoms with Crippen molar-refractivity contribution < 1.29 is 8.42 Å². The topological polar surface area (TPSA) is 70.6 Å². The molecule has 0 saturated carbocycles. The van der Waals surface area contributed by atoms with Crippen LogP contribution in [-0.2, 0) is 22.8 Å². The van der Waals surface area contributed by atoms with E-state index in [1.165, 1.54) is 11.1 Å². The van der Waals surface area contributed by atoms with E-state index in [2.05, 4.69) is 34.7 Å². The maximum atomic E-state index is 12.3. The van der Waals surface area contributed by atoms with Gasteiger partial charge in [0.1, 0.15) is 0 Å². The summed E-state index contributed by atoms with van der Waals surface area (Å²) < 4.78 is 24.7. The summed E-state index contributed by atoms with van der Waals surface area (Å²) in [6.07, 6.45) is 0.963. The molecule has 0 aromatic heterocycles. The van der Waals surface area contributed by atoms with Gasteiger partial charge in [-0.25, -0.2) is 13.4 Å². The van der Waals surface area contributed by atoms with Crippen LogP contribution in [0.25, 0.3) is 0 Å². The Morgan fingerprint density at radius 2 is 1.56 bits per heavy atom. The third-order valence-corrected chi connectivity index (χ3v) is 5.75. The molecule has 27 heavy (non-hydrogen) atoms. The summed E-state index contributed by atoms with van der Waals surface area (Å²) in [6.45, 7) is 5.69. The average molecular weight is 501 g/mol. The second kappa shape index (κ2) is 12.0. The predicted octanol–water partition coefficient (Wildman–Crippen LogP) is 3.40. The molecule has 0 amide bonds. The van der Waals surface area contributed by atoms with Gasteiger partial charge in [-0.05, 0) is 36.6 Å². The lowest BCUT2D eigenvalue weighted by atomic mass is 10.1. The number of nitrogens with one attached hydrogen (secondary N) is 2. The molecule has 2 rings (SSSR count). The minimum absolute atomic E-state index is 0. The van der Waals surface area contributed by atoms with E-state index in [9.17, 15) is 8.42 Å². The van der Waals surface area contributed by atoms with E-state index in [4.69, 9.17) is 0 Å². The molecular weight excluding hydrogens is 473 g/mol. The molecule has 0 radical (unpaired) electrons. The molecular formula is C20H28IN3O2S. The Bertz CT molecular complexity index is 824. The first-order valence-electron chi connectivity index (χ1n) is 8.93. The Labute approximate surface area is 179 Å². The van der Waals surface area contributed by atoms with E-state index in [1.807, 2.05) is 19.1 Å². The standard InChI is InChI=1S/C20H27N3O2S.HI/c1-3-17-10-8-9-11-18(17)16-23-20(21-4-2)22-14-15-26(24,25)19-12-6-5-7-13-19;/h5-13H,3-4,14-16H2,1-2H3,(H2,21,22,23);1H. The third kappa shape index (κ3) is 7.50. The summed E-state index contributed by atoms with van der Waals surface area (Å²) in [5.41, 5.74) is 2.46. The van der Waals surface area contributed by atoms with Gasteiger partial charge < -0.3 is 10.6 Å². The Morgan fingerprint density at radius 3 is 2.19 bits per heavy atom. The molecule has 148 valence electrons. The molecule has 2 N–H and O–H groups in total. The molecule has 0 bridgehead atoms. The SMILES string of the molecule is CCNC(=NCc1ccccc1CC)NCCS(=O)(=O)c1ccccc1.I. The quantitative estimate of drug-likeness (QED) is 0.331. The van der Waals surface area contributed by atoms with Gasteiger partial charge in [-0.2, -0.15) is 0 Å². The number of hydrogen-bond donors (Lipinski definition) is 2. The number of halogens is 1. The van der Waals surface area contributed by atoms with Crippen LogP contribution in [0.4, 0.5) is 0 Å². The van der Waals surface area contributed by atoms with Crippen LogP contribution in [0.3, 0.4) is 0 Å². The van der Waals surface area contributed by atoms with Crippen LogP contribution in [-0.4, -0.2) is 33.2 Å². The van der Waals surface area contributed by atoms with Crippen molar-refractivity contribution in [2.75, 3.05) is 18.8 Å². The van der Waals surface area contributed by atoms with Gasteiger partial charge in [-0.15, -0.1) is 24.0 Å². The Kier molecular flexibility index (Phi) is 10.4. The first kappa shape index (κ1) is 23.4. The average Bonchev–Trinajstić information content (AvgIpc) is 2.67. The molecule has 2 aromatic carbocycles. The summed E-state index contributed by atoms with van der Waals surface area (Å²) >= 11 is 0. The Balaban J connectivity index is 0.00000364. The van der Waals surface area contributed by atoms with Gasteiger partial charge in [0, 0.05) is 13.1 Å². The molecule has 0 saturated heterocycles. The Morgan fingerprint density at radius 1 is 0.926 bits per heavy atom. The van der Waals surface area contributed by atoms with Crippen molar-refractivity contribution in [2.24, 2.45) is 4.99 Å². The van der Waals surface area contributed by atoms with E-state index in [-0.39, 0.29) is 29.7 Å². The number of guanidine groups is 1. The number of aryl methyl sites for hydroxylation is 1. The fourth-order valence-electron chi connectivity index (χ4n) is 2.61. The molecule has 0 atom stereocenters. The largest absolute Gasteiger partial charge is 0.357 e. The maximum Gasteiger partial charge on any atom is 0.191 e. The van der Waals surface area contributed by atoms with Crippen molar-refractivity contribution >= 4 is 39.8 Å². The molecule has 2 aromatic rings. The molecule has 0 heterocycles. The van der Waals surface area contributed by atoms with Gasteiger partial charge >= 0.3 is 0 Å². The minimum Gasteiger partial charge on any atom is -0.357 e. The minimum atomic E-state index is -3.29. The van der Waals surface area contributed by atoms with Gasteiger partial charge in [0.05, 0.1) is 17.2 Å². The molecule has 0 fully saturated rings. The van der Waals surface area contributed by atoms with Crippen molar-refractivity contribution in [2.45, 2.75) is 31.7 Å². The lowest BCUT2D eigenvalue weighted by Crippen LogP contribution is -2.39. The lowest BCUT2D eigenvalue weighted by Gasteiger charge is -2.12. The van der Waals surface area contributed by atoms with Crippen molar-refractivity contribution in [1.29, 1.82) is 0 Å². The zero-order valence-electron chi connectivity index (χ0n) is 15.8. The van der Waals surface area contributed by atoms with Gasteiger partial charge in [-0.1, -0.05) is 49.4 Å². The summed E-state index contributed by atoms with van der Waals surface area (Å²) in [7, 11) is -3.29. The summed E-state index contributed by atoms with van der Waals surface area (Å²) in [6, 6.07) is 16.7. The molecule has 5 nitrogen and oxygen atoms in total. The second-order valence-electron chi connectivity index (χ2n) is 5.88. The molecule has 0 aliphatic carbocycles. The van der Waals surface area contributed by atoms with E-state index in [0.717, 1.165) is 6.42 Å². The monoisotopic (exact) mass is 501 g/mol. The first-order valence-corrected chi connectivity index (χ1v) is 10.6. The van der Waals surface area contributed by atoms with E-state index in [1.54, 1.807) is 30.3 Å². The van der Waals surface area contributed by atoms with Crippen molar-refractivity contribution in [3.8, 4) is 0 Å². The van der Waals surface area contributed by atoms with Crippen LogP contribution in [0.2, 0.25) is 0 Å². The van der Waals surface area contributed by atoms with Crippen LogP contribution < -0.4 is 10.6 Å². The van der Waals surface area contributed by atoms with Crippen LogP contribution in [0.15, 0.2) is 64.5 Å². The summed E-state index contributed by atoms with van der Waals surface area (Å²) in [5.74, 6) is 0.647. The van der Waals surface area contributed by atoms with E-state index >= 15 is 0 Å². The smallest absolute Gasteiger partial charge is 0.191 e. The number of nitrogens with zero attached hydrogens (tertiary/aromatic N) is 1. The van der Waals surface area contributed by atoms with Crippen molar-refractivity contribution in [3.63, 3.8) is 0 Å². The van der Waals surface area contributed by atoms with Crippen LogP contribution in [0.1, 0.15) is 25.0 Å². The highest BCUT2D eigenvalue weighted by Gasteiger charge is 2.13. The fraction of sp³-hybridized carbons (Fsp3) is 0.350. The molecule has 0 spiro atoms. The molecule has 0 aliphatic heterocycles. The number of hydrogen-bond acceptors (Lipinski definition) is 3. The van der Waals surface area contributed by atoms with Crippen molar-refractivity contribution in [3.05, 3.63) is 65.7 Å². The second-order valence-corrected chi connectivity index (χ2v) is 7.99. The van der Waals surface area contributed by atoms with Gasteiger partial charge in [0.2, 0.25) is 0 Å². The van der Waals surface area contributed by atoms with Gasteiger partial charge in [0.25, 0.3) is 0 Å². The predicted molar refractivity (Wildman–Crippen MR) is 123 cm³/mol. The highest BCUT2D eigenvalue weighted by Crippen LogP contribution is 2.11. The normalized spacial score (nSPS) is 11.6. The number of sulfone groups is 1. The number of benzene rings is 2. The highest BCUT2D eigenvalue weighted by molar-refractivity contribution is 14.0. The zero-order chi connectivity index (χ0) is 18.8. The summed E-state index contributed by atoms with van der Waals surface area (Å²) in [5, 5.41) is 6.27. The van der Waals surface area contributed by atoms with Gasteiger partial charge in [-0.3, -0.25) is 0 Å². The van der Waals surface area contributed by atoms with Crippen molar-refractivity contribution in [1.82, 2.24) is 10.6 Å². The van der Waals surface area contributed by atoms with E-state index in [0.29, 0.717) is 30.5 Å². The summed E-state index contributed by atoms with van der Waals surface area (Å²) in [4.78, 5) is 4.93. The van der Waals surface area contributed by atoms with Crippen LogP contribution >= 0.6 is 24.0 Å². The van der Waals surface area contributed by atoms with Gasteiger partial charge in [0.15, 0.2) is 15.8 Å². The number of aliphatic imine (C=N–C) groups is 1. The lowest BCUT2D eigenvalue weighted by molar-refractivity contribution is 0.594. The molecule has 0 aliphatic rings. The maximum absolute atomic E-state index is 12.3.